The van der Waals surface area contributed by atoms with Gasteiger partial charge in [0, 0.05) is 6.42 Å². The van der Waals surface area contributed by atoms with Gasteiger partial charge in [0.2, 0.25) is 0 Å². The number of carbonyl (C=O) groups is 1. The van der Waals surface area contributed by atoms with Crippen molar-refractivity contribution >= 4 is 17.1 Å². The highest BCUT2D eigenvalue weighted by molar-refractivity contribution is 7.07. The van der Waals surface area contributed by atoms with E-state index < -0.39 is 5.41 Å². The third-order valence-corrected chi connectivity index (χ3v) is 3.57. The number of thiophene rings is 1. The first-order valence-corrected chi connectivity index (χ1v) is 5.67. The van der Waals surface area contributed by atoms with Crippen molar-refractivity contribution in [2.45, 2.75) is 25.7 Å². The zero-order chi connectivity index (χ0) is 10.0. The first-order valence-electron chi connectivity index (χ1n) is 4.72. The lowest BCUT2D eigenvalue weighted by molar-refractivity contribution is -0.123. The molecule has 1 aromatic heterocycles. The normalized spacial score (nSPS) is 26.4. The van der Waals surface area contributed by atoms with Crippen LogP contribution in [0.15, 0.2) is 16.8 Å². The Balaban J connectivity index is 2.23. The van der Waals surface area contributed by atoms with Crippen molar-refractivity contribution in [2.24, 2.45) is 5.41 Å². The number of nitrogens with zero attached hydrogens (tertiary/aromatic N) is 1. The highest BCUT2D eigenvalue weighted by Gasteiger charge is 2.42. The van der Waals surface area contributed by atoms with Crippen LogP contribution < -0.4 is 0 Å². The van der Waals surface area contributed by atoms with Crippen molar-refractivity contribution in [3.8, 4) is 6.07 Å². The number of hydrogen-bond donors (Lipinski definition) is 0. The van der Waals surface area contributed by atoms with E-state index in [2.05, 4.69) is 6.07 Å². The van der Waals surface area contributed by atoms with Crippen molar-refractivity contribution in [1.29, 1.82) is 5.26 Å². The zero-order valence-electron chi connectivity index (χ0n) is 7.82. The van der Waals surface area contributed by atoms with Crippen LogP contribution in [0.5, 0.6) is 0 Å². The van der Waals surface area contributed by atoms with Gasteiger partial charge in [0.25, 0.3) is 0 Å². The van der Waals surface area contributed by atoms with E-state index >= 15 is 0 Å². The average Bonchev–Trinajstić information content (AvgIpc) is 2.79. The second-order valence-electron chi connectivity index (χ2n) is 3.78. The molecule has 0 radical (unpaired) electrons. The molecule has 2 nitrogen and oxygen atoms in total. The fourth-order valence-corrected chi connectivity index (χ4v) is 2.68. The van der Waals surface area contributed by atoms with Gasteiger partial charge < -0.3 is 0 Å². The van der Waals surface area contributed by atoms with Gasteiger partial charge in [-0.3, -0.25) is 4.79 Å². The first kappa shape index (κ1) is 9.42. The molecule has 0 bridgehead atoms. The minimum atomic E-state index is -0.707. The Kier molecular flexibility index (Phi) is 2.39. The van der Waals surface area contributed by atoms with Crippen molar-refractivity contribution in [2.75, 3.05) is 0 Å². The lowest BCUT2D eigenvalue weighted by Crippen LogP contribution is -2.26. The Morgan fingerprint density at radius 2 is 2.50 bits per heavy atom. The molecule has 1 heterocycles. The SMILES string of the molecule is N#CC1(Cc2ccsc2)CCCC1=O. The summed E-state index contributed by atoms with van der Waals surface area (Å²) in [6.07, 6.45) is 2.79. The summed E-state index contributed by atoms with van der Waals surface area (Å²) in [5.74, 6) is 0.131. The van der Waals surface area contributed by atoms with Crippen LogP contribution in [0.4, 0.5) is 0 Å². The van der Waals surface area contributed by atoms with Crippen LogP contribution in [0.25, 0.3) is 0 Å². The van der Waals surface area contributed by atoms with E-state index in [1.165, 1.54) is 0 Å². The summed E-state index contributed by atoms with van der Waals surface area (Å²) in [6, 6.07) is 4.22. The zero-order valence-corrected chi connectivity index (χ0v) is 8.64. The van der Waals surface area contributed by atoms with Crippen LogP contribution in [0.2, 0.25) is 0 Å². The highest BCUT2D eigenvalue weighted by Crippen LogP contribution is 2.37. The number of hydrogen-bond acceptors (Lipinski definition) is 3. The molecular formula is C11H11NOS. The molecule has 1 aliphatic carbocycles. The number of ketones is 1. The fraction of sp³-hybridized carbons (Fsp3) is 0.455. The average molecular weight is 205 g/mol. The van der Waals surface area contributed by atoms with E-state index in [0.29, 0.717) is 12.8 Å². The maximum atomic E-state index is 11.6. The lowest BCUT2D eigenvalue weighted by Gasteiger charge is -2.17. The van der Waals surface area contributed by atoms with Crippen molar-refractivity contribution in [3.63, 3.8) is 0 Å². The standard InChI is InChI=1S/C11H11NOS/c12-8-11(4-1-2-10(11)13)6-9-3-5-14-7-9/h3,5,7H,1-2,4,6H2. The van der Waals surface area contributed by atoms with E-state index in [1.807, 2.05) is 16.8 Å². The van der Waals surface area contributed by atoms with Crippen LogP contribution in [-0.2, 0) is 11.2 Å². The summed E-state index contributed by atoms with van der Waals surface area (Å²) in [6.45, 7) is 0. The van der Waals surface area contributed by atoms with Gasteiger partial charge in [0.1, 0.15) is 5.41 Å². The molecule has 0 amide bonds. The molecule has 0 N–H and O–H groups in total. The van der Waals surface area contributed by atoms with E-state index in [0.717, 1.165) is 18.4 Å². The lowest BCUT2D eigenvalue weighted by atomic mass is 9.81. The number of Topliss-reactive ketones (excluding diaryl/α,β-unsaturated/α-hetero) is 1. The molecule has 1 atom stereocenters. The largest absolute Gasteiger partial charge is 0.298 e. The molecule has 0 spiro atoms. The molecule has 3 heteroatoms. The molecule has 0 aromatic carbocycles. The van der Waals surface area contributed by atoms with Crippen molar-refractivity contribution in [3.05, 3.63) is 22.4 Å². The summed E-state index contributed by atoms with van der Waals surface area (Å²) in [4.78, 5) is 11.6. The van der Waals surface area contributed by atoms with Crippen LogP contribution in [0, 0.1) is 16.7 Å². The molecule has 14 heavy (non-hydrogen) atoms. The number of rotatable bonds is 2. The molecule has 1 unspecified atom stereocenters. The maximum Gasteiger partial charge on any atom is 0.153 e. The molecule has 72 valence electrons. The summed E-state index contributed by atoms with van der Waals surface area (Å²) >= 11 is 1.61. The van der Waals surface area contributed by atoms with Crippen LogP contribution in [0.1, 0.15) is 24.8 Å². The van der Waals surface area contributed by atoms with Gasteiger partial charge in [0.05, 0.1) is 6.07 Å². The van der Waals surface area contributed by atoms with Crippen LogP contribution >= 0.6 is 11.3 Å². The minimum absolute atomic E-state index is 0.131. The molecule has 2 rings (SSSR count). The predicted molar refractivity (Wildman–Crippen MR) is 54.9 cm³/mol. The van der Waals surface area contributed by atoms with E-state index in [-0.39, 0.29) is 5.78 Å². The molecule has 1 fully saturated rings. The Morgan fingerprint density at radius 1 is 1.64 bits per heavy atom. The van der Waals surface area contributed by atoms with Crippen LogP contribution in [-0.4, -0.2) is 5.78 Å². The van der Waals surface area contributed by atoms with Gasteiger partial charge in [-0.2, -0.15) is 16.6 Å². The van der Waals surface area contributed by atoms with Gasteiger partial charge in [0.15, 0.2) is 5.78 Å². The van der Waals surface area contributed by atoms with E-state index in [1.54, 1.807) is 11.3 Å². The molecule has 1 saturated carbocycles. The van der Waals surface area contributed by atoms with Gasteiger partial charge in [-0.1, -0.05) is 0 Å². The smallest absolute Gasteiger partial charge is 0.153 e. The molecule has 1 aliphatic rings. The van der Waals surface area contributed by atoms with Gasteiger partial charge in [-0.05, 0) is 41.7 Å². The number of nitriles is 1. The molecule has 1 aromatic rings. The Hall–Kier alpha value is -1.14. The topological polar surface area (TPSA) is 40.9 Å². The molecular weight excluding hydrogens is 194 g/mol. The first-order chi connectivity index (χ1) is 6.77. The Labute approximate surface area is 87.2 Å². The second kappa shape index (κ2) is 3.55. The monoisotopic (exact) mass is 205 g/mol. The predicted octanol–water partition coefficient (Wildman–Crippen LogP) is 2.55. The van der Waals surface area contributed by atoms with Gasteiger partial charge >= 0.3 is 0 Å². The quantitative estimate of drug-likeness (QED) is 0.744. The van der Waals surface area contributed by atoms with Crippen molar-refractivity contribution < 1.29 is 4.79 Å². The van der Waals surface area contributed by atoms with E-state index in [9.17, 15) is 4.79 Å². The summed E-state index contributed by atoms with van der Waals surface area (Å²) in [7, 11) is 0. The summed E-state index contributed by atoms with van der Waals surface area (Å²) in [5, 5.41) is 13.1. The number of carbonyl (C=O) groups excluding carboxylic acids is 1. The van der Waals surface area contributed by atoms with Crippen LogP contribution in [0.3, 0.4) is 0 Å². The van der Waals surface area contributed by atoms with Crippen molar-refractivity contribution in [1.82, 2.24) is 0 Å². The summed E-state index contributed by atoms with van der Waals surface area (Å²) in [5.41, 5.74) is 0.410. The molecule has 0 saturated heterocycles. The van der Waals surface area contributed by atoms with Gasteiger partial charge in [-0.15, -0.1) is 0 Å². The third kappa shape index (κ3) is 1.46. The van der Waals surface area contributed by atoms with E-state index in [4.69, 9.17) is 5.26 Å². The summed E-state index contributed by atoms with van der Waals surface area (Å²) < 4.78 is 0. The molecule has 0 aliphatic heterocycles. The highest BCUT2D eigenvalue weighted by atomic mass is 32.1. The fourth-order valence-electron chi connectivity index (χ4n) is 2.02. The minimum Gasteiger partial charge on any atom is -0.298 e. The second-order valence-corrected chi connectivity index (χ2v) is 4.56. The third-order valence-electron chi connectivity index (χ3n) is 2.84. The van der Waals surface area contributed by atoms with Gasteiger partial charge in [-0.25, -0.2) is 0 Å². The maximum absolute atomic E-state index is 11.6. The Bertz CT molecular complexity index is 376. The Morgan fingerprint density at radius 3 is 3.00 bits per heavy atom.